The first-order valence-electron chi connectivity index (χ1n) is 12.7. The van der Waals surface area contributed by atoms with Crippen LogP contribution in [0.3, 0.4) is 0 Å². The van der Waals surface area contributed by atoms with Gasteiger partial charge in [0.2, 0.25) is 15.9 Å². The predicted octanol–water partition coefficient (Wildman–Crippen LogP) is 3.48. The number of sulfonamides is 1. The molecule has 2 aliphatic heterocycles. The van der Waals surface area contributed by atoms with Gasteiger partial charge in [-0.1, -0.05) is 23.7 Å². The average Bonchev–Trinajstić information content (AvgIpc) is 3.35. The largest absolute Gasteiger partial charge is 0.497 e. The van der Waals surface area contributed by atoms with Crippen molar-refractivity contribution in [1.29, 1.82) is 0 Å². The first kappa shape index (κ1) is 27.9. The number of carbonyl (C=O) groups is 1. The quantitative estimate of drug-likeness (QED) is 0.476. The molecule has 2 fully saturated rings. The van der Waals surface area contributed by atoms with Gasteiger partial charge >= 0.3 is 0 Å². The van der Waals surface area contributed by atoms with Crippen LogP contribution in [-0.4, -0.2) is 87.5 Å². The number of hydrogen-bond donors (Lipinski definition) is 0. The molecule has 1 amide bonds. The summed E-state index contributed by atoms with van der Waals surface area (Å²) in [6.07, 6.45) is 1.48. The number of ether oxygens (including phenoxy) is 2. The standard InChI is InChI=1S/C27H36ClN3O5S/c1-20-15-25(35-3)16-21(2)27(20)37(33,34)31-10-4-5-24(31)18-36-19-26(32)30-13-11-29(12-14-30)17-22-6-8-23(28)9-7-22/h6-9,15-16,24H,4-5,10-14,17-19H2,1-3H3. The minimum atomic E-state index is -3.69. The fraction of sp³-hybridized carbons (Fsp3) is 0.519. The van der Waals surface area contributed by atoms with Crippen LogP contribution in [0.4, 0.5) is 0 Å². The molecule has 1 unspecified atom stereocenters. The molecule has 2 heterocycles. The number of nitrogens with zero attached hydrogens (tertiary/aromatic N) is 3. The van der Waals surface area contributed by atoms with Gasteiger partial charge in [0.05, 0.1) is 18.6 Å². The van der Waals surface area contributed by atoms with Gasteiger partial charge in [-0.05, 0) is 67.6 Å². The lowest BCUT2D eigenvalue weighted by Gasteiger charge is -2.35. The Morgan fingerprint density at radius 1 is 1.03 bits per heavy atom. The van der Waals surface area contributed by atoms with E-state index in [0.29, 0.717) is 47.8 Å². The molecule has 0 aliphatic carbocycles. The number of benzene rings is 2. The van der Waals surface area contributed by atoms with Crippen molar-refractivity contribution in [2.75, 3.05) is 53.0 Å². The second-order valence-corrected chi connectivity index (χ2v) is 12.1. The maximum Gasteiger partial charge on any atom is 0.248 e. The molecular weight excluding hydrogens is 514 g/mol. The molecule has 8 nitrogen and oxygen atoms in total. The number of hydrogen-bond acceptors (Lipinski definition) is 6. The van der Waals surface area contributed by atoms with Crippen LogP contribution in [0.15, 0.2) is 41.3 Å². The van der Waals surface area contributed by atoms with Crippen LogP contribution in [0.1, 0.15) is 29.5 Å². The fourth-order valence-corrected chi connectivity index (χ4v) is 7.44. The molecule has 0 saturated carbocycles. The van der Waals surface area contributed by atoms with E-state index >= 15 is 0 Å². The molecule has 2 aliphatic rings. The van der Waals surface area contributed by atoms with Gasteiger partial charge in [0.1, 0.15) is 12.4 Å². The van der Waals surface area contributed by atoms with Crippen molar-refractivity contribution >= 4 is 27.5 Å². The van der Waals surface area contributed by atoms with Crippen molar-refractivity contribution in [3.05, 3.63) is 58.1 Å². The molecule has 202 valence electrons. The summed E-state index contributed by atoms with van der Waals surface area (Å²) in [5.41, 5.74) is 2.52. The van der Waals surface area contributed by atoms with Crippen molar-refractivity contribution in [2.45, 2.75) is 44.2 Å². The van der Waals surface area contributed by atoms with E-state index in [2.05, 4.69) is 4.90 Å². The second-order valence-electron chi connectivity index (χ2n) is 9.80. The molecule has 0 spiro atoms. The Morgan fingerprint density at radius 2 is 1.68 bits per heavy atom. The van der Waals surface area contributed by atoms with E-state index in [1.54, 1.807) is 33.1 Å². The minimum Gasteiger partial charge on any atom is -0.497 e. The summed E-state index contributed by atoms with van der Waals surface area (Å²) < 4.78 is 39.7. The van der Waals surface area contributed by atoms with Crippen LogP contribution >= 0.6 is 11.6 Å². The summed E-state index contributed by atoms with van der Waals surface area (Å²) in [5.74, 6) is 0.583. The van der Waals surface area contributed by atoms with Crippen molar-refractivity contribution in [3.63, 3.8) is 0 Å². The van der Waals surface area contributed by atoms with Crippen LogP contribution in [0.5, 0.6) is 5.75 Å². The number of aryl methyl sites for hydroxylation is 2. The molecule has 1 atom stereocenters. The summed E-state index contributed by atoms with van der Waals surface area (Å²) in [6, 6.07) is 11.0. The van der Waals surface area contributed by atoms with E-state index in [1.807, 2.05) is 29.2 Å². The molecule has 0 bridgehead atoms. The molecule has 2 saturated heterocycles. The van der Waals surface area contributed by atoms with Crippen LogP contribution in [-0.2, 0) is 26.1 Å². The Hall–Kier alpha value is -2.17. The lowest BCUT2D eigenvalue weighted by molar-refractivity contribution is -0.138. The highest BCUT2D eigenvalue weighted by Crippen LogP contribution is 2.32. The van der Waals surface area contributed by atoms with E-state index in [0.717, 1.165) is 31.1 Å². The first-order chi connectivity index (χ1) is 17.7. The summed E-state index contributed by atoms with van der Waals surface area (Å²) >= 11 is 5.97. The van der Waals surface area contributed by atoms with E-state index in [1.165, 1.54) is 9.87 Å². The Morgan fingerprint density at radius 3 is 2.30 bits per heavy atom. The number of rotatable bonds is 9. The van der Waals surface area contributed by atoms with E-state index in [-0.39, 0.29) is 25.2 Å². The highest BCUT2D eigenvalue weighted by molar-refractivity contribution is 7.89. The Bertz CT molecular complexity index is 1170. The van der Waals surface area contributed by atoms with Gasteiger partial charge in [0, 0.05) is 50.3 Å². The average molecular weight is 550 g/mol. The number of piperazine rings is 1. The lowest BCUT2D eigenvalue weighted by Crippen LogP contribution is -2.49. The third-order valence-corrected chi connectivity index (χ3v) is 9.65. The zero-order valence-electron chi connectivity index (χ0n) is 21.8. The van der Waals surface area contributed by atoms with Crippen molar-refractivity contribution < 1.29 is 22.7 Å². The van der Waals surface area contributed by atoms with Crippen LogP contribution in [0, 0.1) is 13.8 Å². The Balaban J connectivity index is 1.27. The van der Waals surface area contributed by atoms with Gasteiger partial charge in [-0.2, -0.15) is 4.31 Å². The van der Waals surface area contributed by atoms with E-state index < -0.39 is 10.0 Å². The molecule has 2 aromatic carbocycles. The van der Waals surface area contributed by atoms with Gasteiger partial charge in [-0.15, -0.1) is 0 Å². The smallest absolute Gasteiger partial charge is 0.248 e. The van der Waals surface area contributed by atoms with Gasteiger partial charge in [0.25, 0.3) is 0 Å². The SMILES string of the molecule is COc1cc(C)c(S(=O)(=O)N2CCCC2COCC(=O)N2CCN(Cc3ccc(Cl)cc3)CC2)c(C)c1. The van der Waals surface area contributed by atoms with Crippen LogP contribution < -0.4 is 4.74 Å². The summed E-state index contributed by atoms with van der Waals surface area (Å²) in [5, 5.41) is 0.725. The third-order valence-electron chi connectivity index (χ3n) is 7.14. The number of amides is 1. The van der Waals surface area contributed by atoms with Crippen LogP contribution in [0.2, 0.25) is 5.02 Å². The molecule has 10 heteroatoms. The Kier molecular flexibility index (Phi) is 9.13. The maximum absolute atomic E-state index is 13.6. The summed E-state index contributed by atoms with van der Waals surface area (Å²) in [7, 11) is -2.12. The number of carbonyl (C=O) groups excluding carboxylic acids is 1. The van der Waals surface area contributed by atoms with E-state index in [4.69, 9.17) is 21.1 Å². The molecular formula is C27H36ClN3O5S. The van der Waals surface area contributed by atoms with Gasteiger partial charge in [-0.3, -0.25) is 9.69 Å². The molecule has 4 rings (SSSR count). The number of methoxy groups -OCH3 is 1. The predicted molar refractivity (Wildman–Crippen MR) is 144 cm³/mol. The Labute approximate surface area is 225 Å². The molecule has 0 N–H and O–H groups in total. The number of halogens is 1. The van der Waals surface area contributed by atoms with Crippen molar-refractivity contribution in [2.24, 2.45) is 0 Å². The normalized spacial score (nSPS) is 19.4. The second kappa shape index (κ2) is 12.1. The molecule has 0 radical (unpaired) electrons. The van der Waals surface area contributed by atoms with E-state index in [9.17, 15) is 13.2 Å². The highest BCUT2D eigenvalue weighted by Gasteiger charge is 2.37. The summed E-state index contributed by atoms with van der Waals surface area (Å²) in [4.78, 5) is 17.2. The van der Waals surface area contributed by atoms with Crippen LogP contribution in [0.25, 0.3) is 0 Å². The molecule has 2 aromatic rings. The summed E-state index contributed by atoms with van der Waals surface area (Å²) in [6.45, 7) is 7.91. The topological polar surface area (TPSA) is 79.4 Å². The monoisotopic (exact) mass is 549 g/mol. The molecule has 37 heavy (non-hydrogen) atoms. The first-order valence-corrected chi connectivity index (χ1v) is 14.5. The maximum atomic E-state index is 13.6. The van der Waals surface area contributed by atoms with Gasteiger partial charge in [-0.25, -0.2) is 8.42 Å². The van der Waals surface area contributed by atoms with Gasteiger partial charge in [0.15, 0.2) is 0 Å². The third kappa shape index (κ3) is 6.64. The zero-order chi connectivity index (χ0) is 26.6. The van der Waals surface area contributed by atoms with Gasteiger partial charge < -0.3 is 14.4 Å². The lowest BCUT2D eigenvalue weighted by atomic mass is 10.1. The fourth-order valence-electron chi connectivity index (χ4n) is 5.22. The van der Waals surface area contributed by atoms with Crippen molar-refractivity contribution in [3.8, 4) is 5.75 Å². The zero-order valence-corrected chi connectivity index (χ0v) is 23.4. The van der Waals surface area contributed by atoms with Crippen molar-refractivity contribution in [1.82, 2.24) is 14.1 Å². The minimum absolute atomic E-state index is 0.0395. The molecule has 0 aromatic heterocycles. The highest BCUT2D eigenvalue weighted by atomic mass is 35.5.